The minimum Gasteiger partial charge on any atom is -0.490 e. The Hall–Kier alpha value is -4.76. The van der Waals surface area contributed by atoms with Crippen molar-refractivity contribution < 1.29 is 50.4 Å². The third-order valence-corrected chi connectivity index (χ3v) is 6.98. The van der Waals surface area contributed by atoms with Crippen LogP contribution in [0.5, 0.6) is 23.0 Å². The Kier molecular flexibility index (Phi) is 9.07. The summed E-state index contributed by atoms with van der Waals surface area (Å²) in [6, 6.07) is 8.44. The van der Waals surface area contributed by atoms with Crippen LogP contribution in [0.4, 0.5) is 37.7 Å². The molecule has 0 spiro atoms. The van der Waals surface area contributed by atoms with Crippen molar-refractivity contribution >= 4 is 34.6 Å². The van der Waals surface area contributed by atoms with Gasteiger partial charge in [0.1, 0.15) is 11.5 Å². The number of hydrogen-bond acceptors (Lipinski definition) is 7. The molecule has 4 aromatic carbocycles. The van der Waals surface area contributed by atoms with Gasteiger partial charge in [-0.3, -0.25) is 20.2 Å². The van der Waals surface area contributed by atoms with E-state index in [-0.39, 0.29) is 33.8 Å². The zero-order valence-corrected chi connectivity index (χ0v) is 24.1. The van der Waals surface area contributed by atoms with E-state index in [1.165, 1.54) is 0 Å². The van der Waals surface area contributed by atoms with Gasteiger partial charge in [0.25, 0.3) is 0 Å². The average molecular weight is 677 g/mol. The molecule has 0 N–H and O–H groups in total. The van der Waals surface area contributed by atoms with Crippen molar-refractivity contribution in [2.24, 2.45) is 0 Å². The van der Waals surface area contributed by atoms with E-state index in [0.717, 1.165) is 50.6 Å². The van der Waals surface area contributed by atoms with Crippen LogP contribution in [0.25, 0.3) is 22.3 Å². The number of nitro groups is 2. The van der Waals surface area contributed by atoms with Gasteiger partial charge in [-0.15, -0.1) is 0 Å². The molecule has 17 heteroatoms. The second kappa shape index (κ2) is 12.3. The lowest BCUT2D eigenvalue weighted by Gasteiger charge is -2.20. The maximum atomic E-state index is 13.3. The summed E-state index contributed by atoms with van der Waals surface area (Å²) >= 11 is 12.4. The minimum absolute atomic E-state index is 0.191. The SMILES string of the molecule is COc1c([N+](=O)[O-])ccc(Oc2ccc([N+](=O)[O-])c(OC)c2-c2ccc(C(F)(F)F)cc2Cl)c1-c1ccc(C(F)(F)F)cc1Cl. The van der Waals surface area contributed by atoms with Crippen LogP contribution in [0.3, 0.4) is 0 Å². The maximum Gasteiger partial charge on any atom is 0.416 e. The standard InChI is InChI=1S/C28H16Cl2F6N2O7/c1-43-25-19(37(39)40)7-9-21(23(25)15-5-3-13(11-17(15)29)27(31,32)33)45-22-10-8-20(38(41)42)26(44-2)24(22)16-6-4-14(12-18(16)30)28(34,35)36/h3-12H,1-2H3. The van der Waals surface area contributed by atoms with Gasteiger partial charge in [-0.05, 0) is 36.4 Å². The van der Waals surface area contributed by atoms with Crippen molar-refractivity contribution in [2.45, 2.75) is 12.4 Å². The second-order valence-electron chi connectivity index (χ2n) is 8.98. The summed E-state index contributed by atoms with van der Waals surface area (Å²) in [5.74, 6) is -1.55. The predicted molar refractivity (Wildman–Crippen MR) is 150 cm³/mol. The van der Waals surface area contributed by atoms with Crippen LogP contribution in [-0.2, 0) is 12.4 Å². The molecule has 0 heterocycles. The summed E-state index contributed by atoms with van der Waals surface area (Å²) in [6.45, 7) is 0. The highest BCUT2D eigenvalue weighted by Crippen LogP contribution is 2.52. The van der Waals surface area contributed by atoms with Crippen LogP contribution in [0, 0.1) is 20.2 Å². The number of nitro benzene ring substituents is 2. The summed E-state index contributed by atoms with van der Waals surface area (Å²) < 4.78 is 96.6. The van der Waals surface area contributed by atoms with Gasteiger partial charge < -0.3 is 14.2 Å². The normalized spacial score (nSPS) is 11.7. The van der Waals surface area contributed by atoms with Crippen LogP contribution < -0.4 is 14.2 Å². The number of methoxy groups -OCH3 is 2. The lowest BCUT2D eigenvalue weighted by Crippen LogP contribution is -2.05. The van der Waals surface area contributed by atoms with Crippen LogP contribution in [0.2, 0.25) is 10.0 Å². The third kappa shape index (κ3) is 6.54. The molecule has 0 radical (unpaired) electrons. The van der Waals surface area contributed by atoms with Gasteiger partial charge >= 0.3 is 23.7 Å². The van der Waals surface area contributed by atoms with E-state index >= 15 is 0 Å². The summed E-state index contributed by atoms with van der Waals surface area (Å²) in [5.41, 5.74) is -4.44. The van der Waals surface area contributed by atoms with E-state index in [9.17, 15) is 46.6 Å². The zero-order valence-electron chi connectivity index (χ0n) is 22.5. The molecule has 0 bridgehead atoms. The zero-order chi connectivity index (χ0) is 33.4. The minimum atomic E-state index is -4.78. The lowest BCUT2D eigenvalue weighted by atomic mass is 9.99. The molecule has 9 nitrogen and oxygen atoms in total. The summed E-state index contributed by atoms with van der Waals surface area (Å²) in [4.78, 5) is 21.9. The predicted octanol–water partition coefficient (Wildman–Crippen LogP) is 9.99. The highest BCUT2D eigenvalue weighted by Gasteiger charge is 2.34. The van der Waals surface area contributed by atoms with E-state index in [2.05, 4.69) is 0 Å². The van der Waals surface area contributed by atoms with Crippen LogP contribution in [0.15, 0.2) is 60.7 Å². The summed E-state index contributed by atoms with van der Waals surface area (Å²) in [5, 5.41) is 22.6. The molecular weight excluding hydrogens is 661 g/mol. The Balaban J connectivity index is 2.03. The van der Waals surface area contributed by atoms with Crippen molar-refractivity contribution in [3.63, 3.8) is 0 Å². The molecule has 45 heavy (non-hydrogen) atoms. The average Bonchev–Trinajstić information content (AvgIpc) is 2.95. The molecular formula is C28H16Cl2F6N2O7. The number of benzene rings is 4. The fourth-order valence-electron chi connectivity index (χ4n) is 4.40. The van der Waals surface area contributed by atoms with Crippen LogP contribution in [-0.4, -0.2) is 24.1 Å². The van der Waals surface area contributed by atoms with Gasteiger partial charge in [0.15, 0.2) is 0 Å². The Morgan fingerprint density at radius 3 is 1.24 bits per heavy atom. The largest absolute Gasteiger partial charge is 0.490 e. The number of halogens is 8. The Bertz CT molecular complexity index is 1700. The number of hydrogen-bond donors (Lipinski definition) is 0. The smallest absolute Gasteiger partial charge is 0.416 e. The highest BCUT2D eigenvalue weighted by atomic mass is 35.5. The number of nitrogens with zero attached hydrogens (tertiary/aromatic N) is 2. The van der Waals surface area contributed by atoms with E-state index in [4.69, 9.17) is 37.4 Å². The fourth-order valence-corrected chi connectivity index (χ4v) is 4.95. The highest BCUT2D eigenvalue weighted by molar-refractivity contribution is 6.34. The molecule has 0 unspecified atom stereocenters. The topological polar surface area (TPSA) is 114 Å². The van der Waals surface area contributed by atoms with Gasteiger partial charge in [-0.1, -0.05) is 35.3 Å². The van der Waals surface area contributed by atoms with Crippen molar-refractivity contribution in [1.82, 2.24) is 0 Å². The third-order valence-electron chi connectivity index (χ3n) is 6.35. The quantitative estimate of drug-likeness (QED) is 0.104. The van der Waals surface area contributed by atoms with E-state index in [0.29, 0.717) is 24.3 Å². The lowest BCUT2D eigenvalue weighted by molar-refractivity contribution is -0.385. The van der Waals surface area contributed by atoms with E-state index < -0.39 is 66.2 Å². The molecule has 0 aliphatic carbocycles. The summed E-state index contributed by atoms with van der Waals surface area (Å²) in [7, 11) is 2.10. The number of ether oxygens (including phenoxy) is 3. The molecule has 0 aliphatic heterocycles. The Labute approximate surface area is 258 Å². The molecule has 0 aromatic heterocycles. The van der Waals surface area contributed by atoms with Crippen molar-refractivity contribution in [1.29, 1.82) is 0 Å². The first-order valence-electron chi connectivity index (χ1n) is 12.1. The Morgan fingerprint density at radius 2 is 0.978 bits per heavy atom. The van der Waals surface area contributed by atoms with Crippen molar-refractivity contribution in [2.75, 3.05) is 14.2 Å². The van der Waals surface area contributed by atoms with Gasteiger partial charge in [-0.2, -0.15) is 26.3 Å². The summed E-state index contributed by atoms with van der Waals surface area (Å²) in [6.07, 6.45) is -9.56. The molecule has 0 atom stereocenters. The molecule has 0 amide bonds. The maximum absolute atomic E-state index is 13.3. The second-order valence-corrected chi connectivity index (χ2v) is 9.80. The molecule has 0 aliphatic rings. The molecule has 0 fully saturated rings. The fraction of sp³-hybridized carbons (Fsp3) is 0.143. The van der Waals surface area contributed by atoms with Crippen molar-refractivity contribution in [3.05, 3.63) is 102 Å². The Morgan fingerprint density at radius 1 is 0.622 bits per heavy atom. The first kappa shape index (κ1) is 33.1. The molecule has 0 saturated carbocycles. The first-order chi connectivity index (χ1) is 21.0. The molecule has 4 aromatic rings. The molecule has 0 saturated heterocycles. The van der Waals surface area contributed by atoms with Gasteiger partial charge in [-0.25, -0.2) is 0 Å². The van der Waals surface area contributed by atoms with Crippen molar-refractivity contribution in [3.8, 4) is 45.3 Å². The van der Waals surface area contributed by atoms with E-state index in [1.54, 1.807) is 0 Å². The van der Waals surface area contributed by atoms with Crippen LogP contribution in [0.1, 0.15) is 11.1 Å². The van der Waals surface area contributed by atoms with Gasteiger partial charge in [0, 0.05) is 33.3 Å². The molecule has 236 valence electrons. The van der Waals surface area contributed by atoms with E-state index in [1.807, 2.05) is 0 Å². The van der Waals surface area contributed by atoms with Gasteiger partial charge in [0.05, 0.1) is 46.3 Å². The monoisotopic (exact) mass is 676 g/mol. The van der Waals surface area contributed by atoms with Crippen LogP contribution >= 0.6 is 23.2 Å². The number of rotatable bonds is 8. The van der Waals surface area contributed by atoms with Gasteiger partial charge in [0.2, 0.25) is 11.5 Å². The number of alkyl halides is 6. The molecule has 4 rings (SSSR count). The first-order valence-corrected chi connectivity index (χ1v) is 12.9.